The van der Waals surface area contributed by atoms with Crippen molar-refractivity contribution in [3.63, 3.8) is 0 Å². The number of halogens is 1. The molecule has 2 heterocycles. The highest BCUT2D eigenvalue weighted by Gasteiger charge is 2.24. The summed E-state index contributed by atoms with van der Waals surface area (Å²) in [4.78, 5) is 13.9. The zero-order valence-electron chi connectivity index (χ0n) is 10.1. The highest BCUT2D eigenvalue weighted by Crippen LogP contribution is 2.24. The molecular formula is C11H17ClN4O. The molecule has 0 aromatic carbocycles. The maximum atomic E-state index is 11.8. The topological polar surface area (TPSA) is 50.2 Å². The second-order valence-corrected chi connectivity index (χ2v) is 4.58. The second kappa shape index (κ2) is 5.06. The van der Waals surface area contributed by atoms with Gasteiger partial charge in [-0.15, -0.1) is 0 Å². The molecule has 0 saturated carbocycles. The van der Waals surface area contributed by atoms with Gasteiger partial charge in [0.15, 0.2) is 0 Å². The maximum Gasteiger partial charge on any atom is 0.287 e. The van der Waals surface area contributed by atoms with E-state index >= 15 is 0 Å². The van der Waals surface area contributed by atoms with Crippen molar-refractivity contribution in [2.45, 2.75) is 19.4 Å². The van der Waals surface area contributed by atoms with Crippen LogP contribution in [0.15, 0.2) is 11.0 Å². The number of hydrogen-bond acceptors (Lipinski definition) is 4. The van der Waals surface area contributed by atoms with E-state index in [9.17, 15) is 4.79 Å². The van der Waals surface area contributed by atoms with Crippen molar-refractivity contribution in [1.82, 2.24) is 15.1 Å². The maximum absolute atomic E-state index is 11.8. The van der Waals surface area contributed by atoms with E-state index in [1.807, 2.05) is 0 Å². The lowest BCUT2D eigenvalue weighted by Crippen LogP contribution is -2.38. The highest BCUT2D eigenvalue weighted by molar-refractivity contribution is 6.33. The van der Waals surface area contributed by atoms with Gasteiger partial charge in [0.2, 0.25) is 0 Å². The molecule has 1 fully saturated rings. The molecule has 0 radical (unpaired) electrons. The van der Waals surface area contributed by atoms with Crippen LogP contribution in [0.5, 0.6) is 0 Å². The van der Waals surface area contributed by atoms with E-state index in [-0.39, 0.29) is 10.6 Å². The third kappa shape index (κ3) is 2.30. The summed E-state index contributed by atoms with van der Waals surface area (Å²) in [6.07, 6.45) is 2.74. The molecule has 5 nitrogen and oxygen atoms in total. The monoisotopic (exact) mass is 256 g/mol. The van der Waals surface area contributed by atoms with Crippen molar-refractivity contribution < 1.29 is 0 Å². The van der Waals surface area contributed by atoms with Crippen molar-refractivity contribution >= 4 is 17.3 Å². The number of likely N-dealkylation sites (N-methyl/N-ethyl adjacent to an activating group) is 1. The van der Waals surface area contributed by atoms with Crippen molar-refractivity contribution in [2.24, 2.45) is 7.05 Å². The number of aryl methyl sites for hydroxylation is 1. The van der Waals surface area contributed by atoms with Crippen LogP contribution in [0, 0.1) is 0 Å². The average molecular weight is 257 g/mol. The Labute approximate surface area is 105 Å². The molecule has 1 aliphatic rings. The zero-order chi connectivity index (χ0) is 12.4. The van der Waals surface area contributed by atoms with Crippen molar-refractivity contribution in [2.75, 3.05) is 24.5 Å². The minimum absolute atomic E-state index is 0.242. The van der Waals surface area contributed by atoms with Gasteiger partial charge in [-0.1, -0.05) is 11.6 Å². The van der Waals surface area contributed by atoms with E-state index < -0.39 is 0 Å². The fourth-order valence-electron chi connectivity index (χ4n) is 2.23. The molecule has 1 aromatic heterocycles. The molecule has 0 spiro atoms. The van der Waals surface area contributed by atoms with Gasteiger partial charge in [-0.2, -0.15) is 5.10 Å². The van der Waals surface area contributed by atoms with E-state index in [1.165, 1.54) is 4.68 Å². The molecule has 94 valence electrons. The van der Waals surface area contributed by atoms with E-state index in [2.05, 4.69) is 22.2 Å². The first-order chi connectivity index (χ1) is 8.15. The van der Waals surface area contributed by atoms with Crippen LogP contribution in [-0.4, -0.2) is 35.5 Å². The number of anilines is 1. The number of nitrogens with zero attached hydrogens (tertiary/aromatic N) is 3. The summed E-state index contributed by atoms with van der Waals surface area (Å²) < 4.78 is 1.26. The number of hydrogen-bond donors (Lipinski definition) is 1. The quantitative estimate of drug-likeness (QED) is 0.862. The lowest BCUT2D eigenvalue weighted by Gasteiger charge is -2.29. The summed E-state index contributed by atoms with van der Waals surface area (Å²) >= 11 is 6.12. The highest BCUT2D eigenvalue weighted by atomic mass is 35.5. The molecule has 1 saturated heterocycles. The smallest absolute Gasteiger partial charge is 0.287 e. The van der Waals surface area contributed by atoms with Crippen LogP contribution in [0.1, 0.15) is 13.3 Å². The molecule has 0 bridgehead atoms. The van der Waals surface area contributed by atoms with Gasteiger partial charge in [0.1, 0.15) is 5.02 Å². The van der Waals surface area contributed by atoms with Crippen molar-refractivity contribution in [1.29, 1.82) is 0 Å². The molecule has 0 aliphatic carbocycles. The van der Waals surface area contributed by atoms with Gasteiger partial charge >= 0.3 is 0 Å². The Morgan fingerprint density at radius 3 is 3.06 bits per heavy atom. The largest absolute Gasteiger partial charge is 0.365 e. The number of nitrogens with one attached hydrogen (secondary N) is 1. The Hall–Kier alpha value is -1.07. The van der Waals surface area contributed by atoms with Crippen LogP contribution in [0.25, 0.3) is 0 Å². The van der Waals surface area contributed by atoms with E-state index in [0.29, 0.717) is 6.04 Å². The SMILES string of the molecule is CCN(c1cnn(C)c(=O)c1Cl)C1CCNC1. The van der Waals surface area contributed by atoms with Gasteiger partial charge in [0, 0.05) is 26.2 Å². The van der Waals surface area contributed by atoms with E-state index in [4.69, 9.17) is 11.6 Å². The molecular weight excluding hydrogens is 240 g/mol. The Kier molecular flexibility index (Phi) is 3.69. The molecule has 0 amide bonds. The lowest BCUT2D eigenvalue weighted by molar-refractivity contribution is 0.636. The summed E-state index contributed by atoms with van der Waals surface area (Å²) in [7, 11) is 1.60. The van der Waals surface area contributed by atoms with Gasteiger partial charge < -0.3 is 10.2 Å². The predicted octanol–water partition coefficient (Wildman–Crippen LogP) is 0.622. The van der Waals surface area contributed by atoms with Crippen LogP contribution in [0.3, 0.4) is 0 Å². The Bertz CT molecular complexity index is 453. The van der Waals surface area contributed by atoms with Gasteiger partial charge in [0.25, 0.3) is 5.56 Å². The molecule has 1 unspecified atom stereocenters. The molecule has 17 heavy (non-hydrogen) atoms. The summed E-state index contributed by atoms with van der Waals surface area (Å²) in [6, 6.07) is 0.395. The molecule has 6 heteroatoms. The van der Waals surface area contributed by atoms with Crippen LogP contribution < -0.4 is 15.8 Å². The second-order valence-electron chi connectivity index (χ2n) is 4.21. The summed E-state index contributed by atoms with van der Waals surface area (Å²) in [6.45, 7) is 4.82. The van der Waals surface area contributed by atoms with Crippen LogP contribution in [-0.2, 0) is 7.05 Å². The third-order valence-corrected chi connectivity index (χ3v) is 3.54. The van der Waals surface area contributed by atoms with Crippen LogP contribution in [0.2, 0.25) is 5.02 Å². The van der Waals surface area contributed by atoms with E-state index in [1.54, 1.807) is 13.2 Å². The van der Waals surface area contributed by atoms with Crippen molar-refractivity contribution in [3.8, 4) is 0 Å². The fourth-order valence-corrected chi connectivity index (χ4v) is 2.51. The van der Waals surface area contributed by atoms with Crippen LogP contribution in [0.4, 0.5) is 5.69 Å². The minimum atomic E-state index is -0.242. The molecule has 1 N–H and O–H groups in total. The summed E-state index contributed by atoms with van der Waals surface area (Å²) in [5.41, 5.74) is 0.500. The van der Waals surface area contributed by atoms with Gasteiger partial charge in [-0.05, 0) is 19.9 Å². The average Bonchev–Trinajstić information content (AvgIpc) is 2.84. The first-order valence-corrected chi connectivity index (χ1v) is 6.22. The molecule has 1 aliphatic heterocycles. The van der Waals surface area contributed by atoms with Gasteiger partial charge in [-0.25, -0.2) is 4.68 Å². The normalized spacial score (nSPS) is 19.6. The third-order valence-electron chi connectivity index (χ3n) is 3.18. The molecule has 1 aromatic rings. The number of aromatic nitrogens is 2. The zero-order valence-corrected chi connectivity index (χ0v) is 10.9. The molecule has 1 atom stereocenters. The lowest BCUT2D eigenvalue weighted by atomic mass is 10.2. The van der Waals surface area contributed by atoms with E-state index in [0.717, 1.165) is 31.7 Å². The standard InChI is InChI=1S/C11H17ClN4O/c1-3-16(8-4-5-13-6-8)9-7-14-15(2)11(17)10(9)12/h7-8,13H,3-6H2,1-2H3. The van der Waals surface area contributed by atoms with Gasteiger partial charge in [-0.3, -0.25) is 4.79 Å². The Morgan fingerprint density at radius 1 is 1.71 bits per heavy atom. The fraction of sp³-hybridized carbons (Fsp3) is 0.636. The number of rotatable bonds is 3. The van der Waals surface area contributed by atoms with Gasteiger partial charge in [0.05, 0.1) is 11.9 Å². The minimum Gasteiger partial charge on any atom is -0.365 e. The van der Waals surface area contributed by atoms with Crippen molar-refractivity contribution in [3.05, 3.63) is 21.6 Å². The summed E-state index contributed by atoms with van der Waals surface area (Å²) in [5, 5.41) is 7.61. The first-order valence-electron chi connectivity index (χ1n) is 5.84. The predicted molar refractivity (Wildman–Crippen MR) is 68.8 cm³/mol. The molecule has 2 rings (SSSR count). The van der Waals surface area contributed by atoms with Crippen LogP contribution >= 0.6 is 11.6 Å². The Balaban J connectivity index is 2.37. The first kappa shape index (κ1) is 12.4. The summed E-state index contributed by atoms with van der Waals surface area (Å²) in [5.74, 6) is 0. The Morgan fingerprint density at radius 2 is 2.47 bits per heavy atom.